The Kier molecular flexibility index (Phi) is 5.60. The summed E-state index contributed by atoms with van der Waals surface area (Å²) in [6, 6.07) is 21.3. The highest BCUT2D eigenvalue weighted by Crippen LogP contribution is 2.31. The van der Waals surface area contributed by atoms with Crippen molar-refractivity contribution in [1.82, 2.24) is 0 Å². The van der Waals surface area contributed by atoms with E-state index in [0.717, 1.165) is 27.7 Å². The predicted octanol–water partition coefficient (Wildman–Crippen LogP) is 4.69. The van der Waals surface area contributed by atoms with Gasteiger partial charge in [-0.15, -0.1) is 0 Å². The molecule has 1 amide bonds. The Bertz CT molecular complexity index is 1150. The second kappa shape index (κ2) is 8.16. The molecule has 5 nitrogen and oxygen atoms in total. The fourth-order valence-corrected chi connectivity index (χ4v) is 4.89. The van der Waals surface area contributed by atoms with E-state index in [1.54, 1.807) is 47.4 Å². The van der Waals surface area contributed by atoms with Gasteiger partial charge in [0.1, 0.15) is 0 Å². The number of hydrogen-bond acceptors (Lipinski definition) is 3. The lowest BCUT2D eigenvalue weighted by Gasteiger charge is -2.30. The molecule has 3 aromatic carbocycles. The van der Waals surface area contributed by atoms with Crippen molar-refractivity contribution in [2.75, 3.05) is 16.2 Å². The number of hydrogen-bond donors (Lipinski definition) is 1. The van der Waals surface area contributed by atoms with Crippen LogP contribution in [-0.2, 0) is 16.4 Å². The quantitative estimate of drug-likeness (QED) is 0.510. The molecular formula is C22H19IN2O3S. The first-order valence-corrected chi connectivity index (χ1v) is 11.8. The maximum atomic E-state index is 12.9. The molecule has 0 radical (unpaired) electrons. The SMILES string of the molecule is O=C(c1ccccc1)N1CCCc2cc(S(=O)(=O)Nc3ccc(I)cc3)ccc21. The van der Waals surface area contributed by atoms with Gasteiger partial charge in [-0.2, -0.15) is 0 Å². The number of benzene rings is 3. The van der Waals surface area contributed by atoms with Crippen LogP contribution in [0.4, 0.5) is 11.4 Å². The smallest absolute Gasteiger partial charge is 0.261 e. The van der Waals surface area contributed by atoms with Crippen LogP contribution in [0.3, 0.4) is 0 Å². The third-order valence-corrected chi connectivity index (χ3v) is 6.94. The van der Waals surface area contributed by atoms with Gasteiger partial charge in [-0.25, -0.2) is 8.42 Å². The fourth-order valence-electron chi connectivity index (χ4n) is 3.42. The van der Waals surface area contributed by atoms with Crippen LogP contribution >= 0.6 is 22.6 Å². The van der Waals surface area contributed by atoms with E-state index in [-0.39, 0.29) is 10.8 Å². The average molecular weight is 518 g/mol. The molecule has 1 aliphatic heterocycles. The molecule has 0 bridgehead atoms. The lowest BCUT2D eigenvalue weighted by Crippen LogP contribution is -2.35. The summed E-state index contributed by atoms with van der Waals surface area (Å²) in [5.41, 5.74) is 2.78. The highest BCUT2D eigenvalue weighted by Gasteiger charge is 2.25. The van der Waals surface area contributed by atoms with Gasteiger partial charge in [-0.05, 0) is 95.6 Å². The molecule has 148 valence electrons. The summed E-state index contributed by atoms with van der Waals surface area (Å²) in [6.07, 6.45) is 1.53. The van der Waals surface area contributed by atoms with Crippen LogP contribution < -0.4 is 9.62 Å². The molecule has 4 rings (SSSR count). The van der Waals surface area contributed by atoms with Gasteiger partial charge in [-0.3, -0.25) is 9.52 Å². The number of halogens is 1. The highest BCUT2D eigenvalue weighted by atomic mass is 127. The van der Waals surface area contributed by atoms with Gasteiger partial charge in [0.05, 0.1) is 4.90 Å². The topological polar surface area (TPSA) is 66.5 Å². The predicted molar refractivity (Wildman–Crippen MR) is 123 cm³/mol. The summed E-state index contributed by atoms with van der Waals surface area (Å²) in [4.78, 5) is 14.8. The number of fused-ring (bicyclic) bond motifs is 1. The minimum absolute atomic E-state index is 0.0702. The van der Waals surface area contributed by atoms with Crippen molar-refractivity contribution in [2.45, 2.75) is 17.7 Å². The first kappa shape index (κ1) is 19.9. The summed E-state index contributed by atoms with van der Waals surface area (Å²) in [5, 5.41) is 0. The molecule has 0 atom stereocenters. The Balaban J connectivity index is 1.63. The van der Waals surface area contributed by atoms with Crippen molar-refractivity contribution in [3.05, 3.63) is 87.5 Å². The Morgan fingerprint density at radius 2 is 1.69 bits per heavy atom. The van der Waals surface area contributed by atoms with Crippen LogP contribution in [0.25, 0.3) is 0 Å². The van der Waals surface area contributed by atoms with Crippen molar-refractivity contribution in [3.8, 4) is 0 Å². The van der Waals surface area contributed by atoms with Crippen LogP contribution in [0, 0.1) is 3.57 Å². The summed E-state index contributed by atoms with van der Waals surface area (Å²) < 4.78 is 29.3. The number of nitrogens with zero attached hydrogens (tertiary/aromatic N) is 1. The Hall–Kier alpha value is -2.39. The largest absolute Gasteiger partial charge is 0.308 e. The molecule has 0 unspecified atom stereocenters. The zero-order valence-electron chi connectivity index (χ0n) is 15.5. The summed E-state index contributed by atoms with van der Waals surface area (Å²) >= 11 is 2.17. The van der Waals surface area contributed by atoms with Crippen molar-refractivity contribution in [3.63, 3.8) is 0 Å². The molecule has 3 aromatic rings. The first-order chi connectivity index (χ1) is 13.9. The number of sulfonamides is 1. The molecular weight excluding hydrogens is 499 g/mol. The van der Waals surface area contributed by atoms with E-state index < -0.39 is 10.0 Å². The molecule has 1 aliphatic rings. The summed E-state index contributed by atoms with van der Waals surface area (Å²) in [6.45, 7) is 0.619. The minimum atomic E-state index is -3.71. The average Bonchev–Trinajstić information content (AvgIpc) is 2.74. The van der Waals surface area contributed by atoms with Gasteiger partial charge in [0, 0.05) is 27.1 Å². The number of nitrogens with one attached hydrogen (secondary N) is 1. The number of rotatable bonds is 4. The maximum absolute atomic E-state index is 12.9. The first-order valence-electron chi connectivity index (χ1n) is 9.22. The van der Waals surface area contributed by atoms with Crippen LogP contribution in [0.5, 0.6) is 0 Å². The van der Waals surface area contributed by atoms with Crippen molar-refractivity contribution in [2.24, 2.45) is 0 Å². The van der Waals surface area contributed by atoms with Gasteiger partial charge in [0.25, 0.3) is 15.9 Å². The summed E-state index contributed by atoms with van der Waals surface area (Å²) in [7, 11) is -3.71. The molecule has 0 spiro atoms. The van der Waals surface area contributed by atoms with Gasteiger partial charge < -0.3 is 4.90 Å². The third kappa shape index (κ3) is 4.30. The Morgan fingerprint density at radius 1 is 0.966 bits per heavy atom. The monoisotopic (exact) mass is 518 g/mol. The van der Waals surface area contributed by atoms with Gasteiger partial charge in [-0.1, -0.05) is 18.2 Å². The molecule has 0 fully saturated rings. The van der Waals surface area contributed by atoms with Gasteiger partial charge >= 0.3 is 0 Å². The second-order valence-electron chi connectivity index (χ2n) is 6.83. The molecule has 1 heterocycles. The summed E-state index contributed by atoms with van der Waals surface area (Å²) in [5.74, 6) is -0.0702. The van der Waals surface area contributed by atoms with E-state index in [2.05, 4.69) is 27.3 Å². The Morgan fingerprint density at radius 3 is 2.41 bits per heavy atom. The van der Waals surface area contributed by atoms with Crippen molar-refractivity contribution in [1.29, 1.82) is 0 Å². The number of amides is 1. The molecule has 0 aliphatic carbocycles. The zero-order chi connectivity index (χ0) is 20.4. The number of anilines is 2. The normalized spacial score (nSPS) is 13.6. The molecule has 0 saturated heterocycles. The van der Waals surface area contributed by atoms with E-state index in [4.69, 9.17) is 0 Å². The number of carbonyl (C=O) groups is 1. The third-order valence-electron chi connectivity index (χ3n) is 4.84. The van der Waals surface area contributed by atoms with Crippen molar-refractivity contribution < 1.29 is 13.2 Å². The highest BCUT2D eigenvalue weighted by molar-refractivity contribution is 14.1. The minimum Gasteiger partial charge on any atom is -0.308 e. The van der Waals surface area contributed by atoms with Crippen LogP contribution in [0.2, 0.25) is 0 Å². The molecule has 29 heavy (non-hydrogen) atoms. The zero-order valence-corrected chi connectivity index (χ0v) is 18.5. The van der Waals surface area contributed by atoms with E-state index in [1.165, 1.54) is 0 Å². The van der Waals surface area contributed by atoms with Crippen LogP contribution in [-0.4, -0.2) is 20.9 Å². The fraction of sp³-hybridized carbons (Fsp3) is 0.136. The number of carbonyl (C=O) groups excluding carboxylic acids is 1. The second-order valence-corrected chi connectivity index (χ2v) is 9.76. The lowest BCUT2D eigenvalue weighted by molar-refractivity contribution is 0.0985. The standard InChI is InChI=1S/C22H19IN2O3S/c23-18-8-10-19(11-9-18)24-29(27,28)20-12-13-21-17(15-20)7-4-14-25(21)22(26)16-5-2-1-3-6-16/h1-3,5-6,8-13,15,24H,4,7,14H2. The Labute approximate surface area is 183 Å². The number of aryl methyl sites for hydroxylation is 1. The molecule has 7 heteroatoms. The van der Waals surface area contributed by atoms with Crippen molar-refractivity contribution >= 4 is 49.9 Å². The maximum Gasteiger partial charge on any atom is 0.261 e. The molecule has 0 saturated carbocycles. The van der Waals surface area contributed by atoms with Crippen LogP contribution in [0.1, 0.15) is 22.3 Å². The van der Waals surface area contributed by atoms with E-state index in [9.17, 15) is 13.2 Å². The molecule has 1 N–H and O–H groups in total. The lowest BCUT2D eigenvalue weighted by atomic mass is 10.0. The molecule has 0 aromatic heterocycles. The van der Waals surface area contributed by atoms with E-state index >= 15 is 0 Å². The van der Waals surface area contributed by atoms with E-state index in [0.29, 0.717) is 17.8 Å². The van der Waals surface area contributed by atoms with E-state index in [1.807, 2.05) is 30.3 Å². The van der Waals surface area contributed by atoms with Gasteiger partial charge in [0.15, 0.2) is 0 Å². The van der Waals surface area contributed by atoms with Crippen LogP contribution in [0.15, 0.2) is 77.7 Å². The van der Waals surface area contributed by atoms with Gasteiger partial charge in [0.2, 0.25) is 0 Å².